The highest BCUT2D eigenvalue weighted by atomic mass is 32.2. The molecule has 2 atom stereocenters. The van der Waals surface area contributed by atoms with Crippen molar-refractivity contribution >= 4 is 29.6 Å². The molecule has 2 N–H and O–H groups in total. The number of nitrogens with one attached hydrogen (secondary N) is 1. The number of aliphatic carboxylic acids is 1. The van der Waals surface area contributed by atoms with Crippen LogP contribution >= 0.6 is 11.8 Å². The fraction of sp³-hybridized carbons (Fsp3) is 0.625. The highest BCUT2D eigenvalue weighted by molar-refractivity contribution is 7.98. The van der Waals surface area contributed by atoms with Crippen LogP contribution in [-0.4, -0.2) is 47.6 Å². The van der Waals surface area contributed by atoms with E-state index in [1.807, 2.05) is 36.6 Å². The second-order valence-corrected chi connectivity index (χ2v) is 9.30. The number of benzene rings is 1. The standard InChI is InChI=1S/C24H35NO5S/c1-3-30-22(28)20(13-16-31-2)25-23(29)24(14-7-8-15-24)17-19(21(26)27)12-11-18-9-5-4-6-10-18/h4-6,9-10,19-20H,3,7-8,11-17H2,1-2H3,(H,25,29)(H,26,27)/t19-,20-/m0/s1. The highest BCUT2D eigenvalue weighted by Crippen LogP contribution is 2.44. The summed E-state index contributed by atoms with van der Waals surface area (Å²) in [5, 5.41) is 12.8. The molecule has 2 rings (SSSR count). The highest BCUT2D eigenvalue weighted by Gasteiger charge is 2.45. The number of rotatable bonds is 13. The summed E-state index contributed by atoms with van der Waals surface area (Å²) in [4.78, 5) is 37.7. The number of esters is 1. The second kappa shape index (κ2) is 12.7. The molecule has 0 aromatic heterocycles. The number of hydrogen-bond acceptors (Lipinski definition) is 5. The largest absolute Gasteiger partial charge is 0.481 e. The van der Waals surface area contributed by atoms with Crippen molar-refractivity contribution in [1.29, 1.82) is 0 Å². The Bertz CT molecular complexity index is 718. The number of carboxylic acids is 1. The van der Waals surface area contributed by atoms with Crippen molar-refractivity contribution in [2.24, 2.45) is 11.3 Å². The van der Waals surface area contributed by atoms with E-state index in [1.165, 1.54) is 0 Å². The minimum atomic E-state index is -0.862. The van der Waals surface area contributed by atoms with Crippen LogP contribution in [-0.2, 0) is 25.5 Å². The Balaban J connectivity index is 2.11. The van der Waals surface area contributed by atoms with Gasteiger partial charge in [0.1, 0.15) is 6.04 Å². The van der Waals surface area contributed by atoms with Crippen LogP contribution in [0.3, 0.4) is 0 Å². The summed E-state index contributed by atoms with van der Waals surface area (Å²) in [7, 11) is 0. The maximum absolute atomic E-state index is 13.4. The predicted molar refractivity (Wildman–Crippen MR) is 123 cm³/mol. The predicted octanol–water partition coefficient (Wildman–Crippen LogP) is 4.07. The van der Waals surface area contributed by atoms with Crippen LogP contribution in [0.4, 0.5) is 0 Å². The molecular weight excluding hydrogens is 414 g/mol. The van der Waals surface area contributed by atoms with E-state index in [1.54, 1.807) is 18.7 Å². The van der Waals surface area contributed by atoms with E-state index in [9.17, 15) is 19.5 Å². The minimum absolute atomic E-state index is 0.199. The zero-order valence-electron chi connectivity index (χ0n) is 18.6. The summed E-state index contributed by atoms with van der Waals surface area (Å²) >= 11 is 1.61. The molecule has 1 saturated carbocycles. The molecule has 0 unspecified atom stereocenters. The Labute approximate surface area is 189 Å². The topological polar surface area (TPSA) is 92.7 Å². The van der Waals surface area contributed by atoms with Crippen molar-refractivity contribution in [1.82, 2.24) is 5.32 Å². The summed E-state index contributed by atoms with van der Waals surface area (Å²) < 4.78 is 5.15. The molecule has 0 aliphatic heterocycles. The average molecular weight is 450 g/mol. The molecule has 1 aromatic carbocycles. The number of hydrogen-bond donors (Lipinski definition) is 2. The van der Waals surface area contributed by atoms with Crippen molar-refractivity contribution in [2.45, 2.75) is 64.3 Å². The number of aryl methyl sites for hydroxylation is 1. The van der Waals surface area contributed by atoms with E-state index in [0.29, 0.717) is 38.5 Å². The maximum Gasteiger partial charge on any atom is 0.328 e. The lowest BCUT2D eigenvalue weighted by Gasteiger charge is -2.32. The number of thioether (sulfide) groups is 1. The van der Waals surface area contributed by atoms with Gasteiger partial charge in [0.05, 0.1) is 17.9 Å². The monoisotopic (exact) mass is 449 g/mol. The summed E-state index contributed by atoms with van der Waals surface area (Å²) in [6, 6.07) is 9.12. The van der Waals surface area contributed by atoms with Crippen LogP contribution in [0.15, 0.2) is 30.3 Å². The number of carbonyl (C=O) groups is 3. The smallest absolute Gasteiger partial charge is 0.328 e. The Hall–Kier alpha value is -2.02. The lowest BCUT2D eigenvalue weighted by Crippen LogP contribution is -2.49. The zero-order valence-corrected chi connectivity index (χ0v) is 19.4. The quantitative estimate of drug-likeness (QED) is 0.441. The van der Waals surface area contributed by atoms with E-state index in [4.69, 9.17) is 4.74 Å². The van der Waals surface area contributed by atoms with Gasteiger partial charge in [0.25, 0.3) is 0 Å². The SMILES string of the molecule is CCOC(=O)[C@H](CCSC)NC(=O)C1(C[C@H](CCc2ccccc2)C(=O)O)CCCC1. The first-order valence-corrected chi connectivity index (χ1v) is 12.5. The van der Waals surface area contributed by atoms with Crippen molar-refractivity contribution in [3.63, 3.8) is 0 Å². The first-order chi connectivity index (χ1) is 14.9. The van der Waals surface area contributed by atoms with Gasteiger partial charge >= 0.3 is 11.9 Å². The lowest BCUT2D eigenvalue weighted by atomic mass is 9.75. The van der Waals surface area contributed by atoms with Crippen LogP contribution in [0, 0.1) is 11.3 Å². The molecule has 0 saturated heterocycles. The van der Waals surface area contributed by atoms with Crippen molar-refractivity contribution in [2.75, 3.05) is 18.6 Å². The number of ether oxygens (including phenoxy) is 1. The van der Waals surface area contributed by atoms with E-state index >= 15 is 0 Å². The van der Waals surface area contributed by atoms with Crippen LogP contribution in [0.2, 0.25) is 0 Å². The van der Waals surface area contributed by atoms with Crippen LogP contribution in [0.5, 0.6) is 0 Å². The van der Waals surface area contributed by atoms with Gasteiger partial charge in [-0.3, -0.25) is 9.59 Å². The van der Waals surface area contributed by atoms with Gasteiger partial charge in [-0.2, -0.15) is 11.8 Å². The molecule has 0 bridgehead atoms. The molecule has 1 aromatic rings. The van der Waals surface area contributed by atoms with E-state index in [2.05, 4.69) is 5.32 Å². The first-order valence-electron chi connectivity index (χ1n) is 11.1. The third-order valence-electron chi connectivity index (χ3n) is 6.14. The van der Waals surface area contributed by atoms with Gasteiger partial charge < -0.3 is 15.2 Å². The van der Waals surface area contributed by atoms with Crippen molar-refractivity contribution < 1.29 is 24.2 Å². The zero-order chi connectivity index (χ0) is 22.7. The molecule has 31 heavy (non-hydrogen) atoms. The molecule has 172 valence electrons. The van der Waals surface area contributed by atoms with Gasteiger partial charge in [-0.25, -0.2) is 4.79 Å². The van der Waals surface area contributed by atoms with E-state index in [-0.39, 0.29) is 12.5 Å². The van der Waals surface area contributed by atoms with Crippen molar-refractivity contribution in [3.05, 3.63) is 35.9 Å². The Morgan fingerprint density at radius 2 is 1.84 bits per heavy atom. The molecule has 1 aliphatic carbocycles. The van der Waals surface area contributed by atoms with Gasteiger partial charge in [-0.15, -0.1) is 0 Å². The number of carbonyl (C=O) groups excluding carboxylic acids is 2. The van der Waals surface area contributed by atoms with Gasteiger partial charge in [0, 0.05) is 0 Å². The summed E-state index contributed by atoms with van der Waals surface area (Å²) in [6.07, 6.45) is 7.01. The van der Waals surface area contributed by atoms with Crippen LogP contribution in [0.1, 0.15) is 57.4 Å². The van der Waals surface area contributed by atoms with Crippen LogP contribution < -0.4 is 5.32 Å². The fourth-order valence-corrected chi connectivity index (χ4v) is 4.86. The lowest BCUT2D eigenvalue weighted by molar-refractivity contribution is -0.150. The maximum atomic E-state index is 13.4. The Morgan fingerprint density at radius 1 is 1.16 bits per heavy atom. The third-order valence-corrected chi connectivity index (χ3v) is 6.78. The van der Waals surface area contributed by atoms with E-state index < -0.39 is 29.3 Å². The second-order valence-electron chi connectivity index (χ2n) is 8.31. The number of amides is 1. The summed E-state index contributed by atoms with van der Waals surface area (Å²) in [5.74, 6) is -1.35. The summed E-state index contributed by atoms with van der Waals surface area (Å²) in [5.41, 5.74) is 0.363. The Kier molecular flexibility index (Phi) is 10.4. The van der Waals surface area contributed by atoms with Crippen LogP contribution in [0.25, 0.3) is 0 Å². The molecule has 1 fully saturated rings. The molecule has 0 heterocycles. The molecule has 1 amide bonds. The van der Waals surface area contributed by atoms with Gasteiger partial charge in [0.15, 0.2) is 0 Å². The minimum Gasteiger partial charge on any atom is -0.481 e. The van der Waals surface area contributed by atoms with Gasteiger partial charge in [0.2, 0.25) is 5.91 Å². The average Bonchev–Trinajstić information content (AvgIpc) is 3.24. The molecule has 0 radical (unpaired) electrons. The Morgan fingerprint density at radius 3 is 2.42 bits per heavy atom. The number of carboxylic acid groups (broad SMARTS) is 1. The molecule has 0 spiro atoms. The van der Waals surface area contributed by atoms with E-state index in [0.717, 1.165) is 24.2 Å². The molecular formula is C24H35NO5S. The van der Waals surface area contributed by atoms with Crippen molar-refractivity contribution in [3.8, 4) is 0 Å². The van der Waals surface area contributed by atoms with Gasteiger partial charge in [-0.1, -0.05) is 43.2 Å². The molecule has 1 aliphatic rings. The third kappa shape index (κ3) is 7.56. The molecule has 6 nitrogen and oxygen atoms in total. The first kappa shape index (κ1) is 25.2. The fourth-order valence-electron chi connectivity index (χ4n) is 4.38. The normalized spacial score (nSPS) is 17.0. The summed E-state index contributed by atoms with van der Waals surface area (Å²) in [6.45, 7) is 2.00. The molecule has 7 heteroatoms. The van der Waals surface area contributed by atoms with Gasteiger partial charge in [-0.05, 0) is 63.0 Å².